The van der Waals surface area contributed by atoms with Crippen LogP contribution in [0, 0.1) is 0 Å². The molecule has 0 spiro atoms. The fraction of sp³-hybridized carbons (Fsp3) is 0.188. The lowest BCUT2D eigenvalue weighted by Crippen LogP contribution is -2.00. The van der Waals surface area contributed by atoms with Gasteiger partial charge in [0.15, 0.2) is 0 Å². The second-order valence-electron chi connectivity index (χ2n) is 5.07. The average molecular weight is 433 g/mol. The molecule has 0 saturated carbocycles. The van der Waals surface area contributed by atoms with E-state index in [9.17, 15) is 8.78 Å². The van der Waals surface area contributed by atoms with Crippen LogP contribution in [0.2, 0.25) is 10.0 Å². The molecule has 2 heterocycles. The Kier molecular flexibility index (Phi) is 6.35. The van der Waals surface area contributed by atoms with Gasteiger partial charge in [-0.05, 0) is 30.5 Å². The van der Waals surface area contributed by atoms with E-state index in [0.29, 0.717) is 27.3 Å². The Labute approximate surface area is 167 Å². The first-order chi connectivity index (χ1) is 13.0. The molecule has 0 atom stereocenters. The van der Waals surface area contributed by atoms with Gasteiger partial charge in [0.25, 0.3) is 6.43 Å². The summed E-state index contributed by atoms with van der Waals surface area (Å²) in [7, 11) is 0. The van der Waals surface area contributed by atoms with Crippen molar-refractivity contribution in [3.8, 4) is 5.75 Å². The monoisotopic (exact) mass is 432 g/mol. The van der Waals surface area contributed by atoms with Crippen LogP contribution in [0.3, 0.4) is 0 Å². The molecule has 0 radical (unpaired) electrons. The van der Waals surface area contributed by atoms with E-state index < -0.39 is 12.2 Å². The molecule has 11 heteroatoms. The van der Waals surface area contributed by atoms with Crippen LogP contribution in [0.4, 0.5) is 8.78 Å². The van der Waals surface area contributed by atoms with Gasteiger partial charge in [0, 0.05) is 6.07 Å². The lowest BCUT2D eigenvalue weighted by atomic mass is 10.3. The number of hydrogen-bond donors (Lipinski definition) is 0. The third kappa shape index (κ3) is 4.79. The van der Waals surface area contributed by atoms with E-state index in [4.69, 9.17) is 32.4 Å². The summed E-state index contributed by atoms with van der Waals surface area (Å²) in [5.74, 6) is 0.881. The zero-order valence-corrected chi connectivity index (χ0v) is 16.1. The number of aromatic nitrogens is 3. The average Bonchev–Trinajstić information content (AvgIpc) is 3.27. The quantitative estimate of drug-likeness (QED) is 0.374. The van der Waals surface area contributed by atoms with Crippen LogP contribution in [0.15, 0.2) is 45.0 Å². The highest BCUT2D eigenvalue weighted by molar-refractivity contribution is 7.98. The number of nitrogens with zero attached hydrogens (tertiary/aromatic N) is 4. The third-order valence-corrected chi connectivity index (χ3v) is 4.63. The van der Waals surface area contributed by atoms with Crippen molar-refractivity contribution in [1.29, 1.82) is 0 Å². The molecular weight excluding hydrogens is 421 g/mol. The van der Waals surface area contributed by atoms with Crippen molar-refractivity contribution in [2.45, 2.75) is 18.2 Å². The number of benzene rings is 1. The van der Waals surface area contributed by atoms with Crippen molar-refractivity contribution in [2.24, 2.45) is 5.10 Å². The highest BCUT2D eigenvalue weighted by atomic mass is 35.5. The van der Waals surface area contributed by atoms with Crippen LogP contribution in [0.1, 0.15) is 23.8 Å². The normalized spacial score (nSPS) is 11.6. The van der Waals surface area contributed by atoms with Crippen molar-refractivity contribution in [1.82, 2.24) is 14.9 Å². The molecular formula is C16H12Cl2F2N4O2S. The van der Waals surface area contributed by atoms with E-state index in [1.807, 2.05) is 0 Å². The van der Waals surface area contributed by atoms with Gasteiger partial charge in [0.2, 0.25) is 11.0 Å². The zero-order chi connectivity index (χ0) is 19.4. The molecule has 0 bridgehead atoms. The largest absolute Gasteiger partial charge is 0.486 e. The molecule has 0 aliphatic heterocycles. The molecule has 27 heavy (non-hydrogen) atoms. The number of furan rings is 1. The van der Waals surface area contributed by atoms with Gasteiger partial charge in [-0.15, -0.1) is 10.2 Å². The molecule has 2 aromatic heterocycles. The van der Waals surface area contributed by atoms with Gasteiger partial charge in [-0.2, -0.15) is 9.78 Å². The Balaban J connectivity index is 1.68. The van der Waals surface area contributed by atoms with Crippen LogP contribution >= 0.6 is 35.0 Å². The minimum absolute atomic E-state index is 0.150. The van der Waals surface area contributed by atoms with E-state index in [2.05, 4.69) is 15.3 Å². The maximum atomic E-state index is 13.0. The molecule has 0 N–H and O–H groups in total. The first kappa shape index (κ1) is 19.7. The molecule has 0 amide bonds. The molecule has 0 saturated heterocycles. The Morgan fingerprint density at radius 3 is 2.78 bits per heavy atom. The van der Waals surface area contributed by atoms with Crippen molar-refractivity contribution < 1.29 is 17.9 Å². The van der Waals surface area contributed by atoms with E-state index in [1.165, 1.54) is 6.21 Å². The first-order valence-corrected chi connectivity index (χ1v) is 9.44. The Morgan fingerprint density at radius 2 is 2.07 bits per heavy atom. The predicted molar refractivity (Wildman–Crippen MR) is 99.3 cm³/mol. The standard InChI is InChI=1S/C16H12Cl2F2N4O2S/c1-27-16-23-22-15(14(19)20)24(16)21-7-10-2-3-11(26-10)8-25-9-4-5-12(17)13(18)6-9/h2-7,14H,8H2,1H3. The molecule has 3 aromatic rings. The number of thioether (sulfide) groups is 1. The van der Waals surface area contributed by atoms with E-state index >= 15 is 0 Å². The van der Waals surface area contributed by atoms with Gasteiger partial charge in [-0.1, -0.05) is 35.0 Å². The molecule has 0 aliphatic carbocycles. The highest BCUT2D eigenvalue weighted by Crippen LogP contribution is 2.27. The molecule has 3 rings (SSSR count). The number of rotatable bonds is 7. The zero-order valence-electron chi connectivity index (χ0n) is 13.8. The molecule has 6 nitrogen and oxygen atoms in total. The van der Waals surface area contributed by atoms with Crippen molar-refractivity contribution >= 4 is 41.2 Å². The highest BCUT2D eigenvalue weighted by Gasteiger charge is 2.19. The topological polar surface area (TPSA) is 65.4 Å². The second-order valence-corrected chi connectivity index (χ2v) is 6.66. The van der Waals surface area contributed by atoms with Crippen LogP contribution in [0.5, 0.6) is 5.75 Å². The maximum Gasteiger partial charge on any atom is 0.299 e. The lowest BCUT2D eigenvalue weighted by Gasteiger charge is -2.05. The predicted octanol–water partition coefficient (Wildman–Crippen LogP) is 5.30. The molecule has 0 aliphatic rings. The van der Waals surface area contributed by atoms with Gasteiger partial charge in [-0.25, -0.2) is 8.78 Å². The SMILES string of the molecule is CSc1nnc(C(F)F)n1N=Cc1ccc(COc2ccc(Cl)c(Cl)c2)o1. The Hall–Kier alpha value is -2.10. The molecule has 0 unspecified atom stereocenters. The molecule has 0 fully saturated rings. The second kappa shape index (κ2) is 8.73. The first-order valence-electron chi connectivity index (χ1n) is 7.46. The van der Waals surface area contributed by atoms with Gasteiger partial charge in [0.1, 0.15) is 23.9 Å². The minimum atomic E-state index is -2.79. The number of alkyl halides is 2. The summed E-state index contributed by atoms with van der Waals surface area (Å²) in [4.78, 5) is 0. The Morgan fingerprint density at radius 1 is 1.26 bits per heavy atom. The van der Waals surface area contributed by atoms with Crippen LogP contribution < -0.4 is 4.74 Å². The van der Waals surface area contributed by atoms with Gasteiger partial charge in [0.05, 0.1) is 16.3 Å². The summed E-state index contributed by atoms with van der Waals surface area (Å²) in [6, 6.07) is 8.23. The summed E-state index contributed by atoms with van der Waals surface area (Å²) in [6.07, 6.45) is 0.205. The van der Waals surface area contributed by atoms with Gasteiger partial charge in [-0.3, -0.25) is 0 Å². The Bertz CT molecular complexity index is 962. The minimum Gasteiger partial charge on any atom is -0.486 e. The van der Waals surface area contributed by atoms with Gasteiger partial charge >= 0.3 is 0 Å². The summed E-state index contributed by atoms with van der Waals surface area (Å²) in [6.45, 7) is 0.150. The third-order valence-electron chi connectivity index (χ3n) is 3.27. The fourth-order valence-electron chi connectivity index (χ4n) is 2.03. The number of halogens is 4. The summed E-state index contributed by atoms with van der Waals surface area (Å²) in [5.41, 5.74) is 0. The van der Waals surface area contributed by atoms with Crippen LogP contribution in [-0.4, -0.2) is 27.3 Å². The van der Waals surface area contributed by atoms with E-state index in [0.717, 1.165) is 16.4 Å². The lowest BCUT2D eigenvalue weighted by molar-refractivity contribution is 0.135. The van der Waals surface area contributed by atoms with E-state index in [1.54, 1.807) is 36.6 Å². The van der Waals surface area contributed by atoms with Crippen LogP contribution in [0.25, 0.3) is 0 Å². The number of hydrogen-bond acceptors (Lipinski definition) is 6. The summed E-state index contributed by atoms with van der Waals surface area (Å²) in [5, 5.41) is 12.1. The number of ether oxygens (including phenoxy) is 1. The van der Waals surface area contributed by atoms with Gasteiger partial charge < -0.3 is 9.15 Å². The maximum absolute atomic E-state index is 13.0. The summed E-state index contributed by atoms with van der Waals surface area (Å²) >= 11 is 12.9. The van der Waals surface area contributed by atoms with Crippen LogP contribution in [-0.2, 0) is 6.61 Å². The van der Waals surface area contributed by atoms with Crippen molar-refractivity contribution in [2.75, 3.05) is 6.26 Å². The van der Waals surface area contributed by atoms with E-state index in [-0.39, 0.29) is 11.8 Å². The summed E-state index contributed by atoms with van der Waals surface area (Å²) < 4.78 is 38.0. The van der Waals surface area contributed by atoms with Crippen molar-refractivity contribution in [3.05, 3.63) is 57.7 Å². The molecule has 1 aromatic carbocycles. The molecule has 142 valence electrons. The fourth-order valence-corrected chi connectivity index (χ4v) is 2.75. The van der Waals surface area contributed by atoms with Crippen molar-refractivity contribution in [3.63, 3.8) is 0 Å². The smallest absolute Gasteiger partial charge is 0.299 e.